The van der Waals surface area contributed by atoms with Gasteiger partial charge in [0.15, 0.2) is 6.61 Å². The Bertz CT molecular complexity index is 778. The molecule has 0 saturated carbocycles. The maximum atomic E-state index is 12.1. The summed E-state index contributed by atoms with van der Waals surface area (Å²) in [5.74, 6) is 0.916. The highest BCUT2D eigenvalue weighted by Crippen LogP contribution is 2.35. The van der Waals surface area contributed by atoms with Gasteiger partial charge in [0.25, 0.3) is 5.91 Å². The third-order valence-electron chi connectivity index (χ3n) is 4.23. The number of nitrogens with one attached hydrogen (secondary N) is 1. The van der Waals surface area contributed by atoms with Crippen LogP contribution >= 0.6 is 11.6 Å². The normalized spacial score (nSPS) is 16.0. The second-order valence-electron chi connectivity index (χ2n) is 5.92. The van der Waals surface area contributed by atoms with Crippen LogP contribution in [0.3, 0.4) is 0 Å². The van der Waals surface area contributed by atoms with Crippen LogP contribution in [0.25, 0.3) is 0 Å². The lowest BCUT2D eigenvalue weighted by Gasteiger charge is -2.23. The molecule has 132 valence electrons. The summed E-state index contributed by atoms with van der Waals surface area (Å²) < 4.78 is 10.8. The maximum absolute atomic E-state index is 12.1. The quantitative estimate of drug-likeness (QED) is 0.851. The van der Waals surface area contributed by atoms with E-state index in [1.807, 2.05) is 18.2 Å². The van der Waals surface area contributed by atoms with Crippen molar-refractivity contribution in [2.75, 3.05) is 19.0 Å². The summed E-state index contributed by atoms with van der Waals surface area (Å²) in [6.07, 6.45) is 2.06. The molecule has 0 aliphatic heterocycles. The van der Waals surface area contributed by atoms with Crippen LogP contribution < -0.4 is 14.8 Å². The Morgan fingerprint density at radius 2 is 2.16 bits per heavy atom. The molecule has 0 aromatic heterocycles. The van der Waals surface area contributed by atoms with Gasteiger partial charge in [-0.1, -0.05) is 23.7 Å². The molecule has 2 N–H and O–H groups in total. The number of amides is 1. The standard InChI is InChI=1S/C19H20ClNO4/c1-24-18-9-8-12(10-15(18)20)21-19(23)11-25-17-7-3-4-13-14(17)5-2-6-16(13)22/h3-4,7-10,16,22H,2,5-6,11H2,1H3,(H,21,23)/t16-/m0/s1. The molecule has 0 saturated heterocycles. The molecule has 5 nitrogen and oxygen atoms in total. The van der Waals surface area contributed by atoms with E-state index in [-0.39, 0.29) is 12.5 Å². The first-order valence-corrected chi connectivity index (χ1v) is 8.52. The monoisotopic (exact) mass is 361 g/mol. The Morgan fingerprint density at radius 1 is 1.32 bits per heavy atom. The molecule has 0 fully saturated rings. The lowest BCUT2D eigenvalue weighted by molar-refractivity contribution is -0.118. The fraction of sp³-hybridized carbons (Fsp3) is 0.316. The Labute approximate surface area is 151 Å². The third kappa shape index (κ3) is 4.06. The van der Waals surface area contributed by atoms with Crippen molar-refractivity contribution >= 4 is 23.2 Å². The van der Waals surface area contributed by atoms with Gasteiger partial charge >= 0.3 is 0 Å². The summed E-state index contributed by atoms with van der Waals surface area (Å²) >= 11 is 6.05. The highest BCUT2D eigenvalue weighted by molar-refractivity contribution is 6.32. The molecular formula is C19H20ClNO4. The summed E-state index contributed by atoms with van der Waals surface area (Å²) in [5.41, 5.74) is 2.46. The number of aliphatic hydroxyl groups is 1. The second-order valence-corrected chi connectivity index (χ2v) is 6.33. The van der Waals surface area contributed by atoms with Gasteiger partial charge in [-0.15, -0.1) is 0 Å². The van der Waals surface area contributed by atoms with Crippen molar-refractivity contribution in [1.82, 2.24) is 0 Å². The van der Waals surface area contributed by atoms with E-state index in [0.29, 0.717) is 22.2 Å². The molecule has 0 radical (unpaired) electrons. The molecule has 0 heterocycles. The number of hydrogen-bond donors (Lipinski definition) is 2. The largest absolute Gasteiger partial charge is 0.495 e. The van der Waals surface area contributed by atoms with E-state index in [4.69, 9.17) is 21.1 Å². The van der Waals surface area contributed by atoms with Crippen LogP contribution in [0.15, 0.2) is 36.4 Å². The molecule has 6 heteroatoms. The van der Waals surface area contributed by atoms with Gasteiger partial charge in [-0.2, -0.15) is 0 Å². The van der Waals surface area contributed by atoms with Crippen LogP contribution in [0.1, 0.15) is 30.1 Å². The highest BCUT2D eigenvalue weighted by Gasteiger charge is 2.21. The number of carbonyl (C=O) groups excluding carboxylic acids is 1. The van der Waals surface area contributed by atoms with E-state index in [9.17, 15) is 9.90 Å². The van der Waals surface area contributed by atoms with Crippen molar-refractivity contribution in [2.45, 2.75) is 25.4 Å². The van der Waals surface area contributed by atoms with Gasteiger partial charge in [0.2, 0.25) is 0 Å². The Kier molecular flexibility index (Phi) is 5.46. The fourth-order valence-electron chi connectivity index (χ4n) is 3.01. The van der Waals surface area contributed by atoms with E-state index in [1.54, 1.807) is 18.2 Å². The number of hydrogen-bond acceptors (Lipinski definition) is 4. The molecule has 2 aromatic carbocycles. The molecule has 0 unspecified atom stereocenters. The van der Waals surface area contributed by atoms with Crippen LogP contribution in [-0.2, 0) is 11.2 Å². The minimum Gasteiger partial charge on any atom is -0.495 e. The molecule has 1 aliphatic rings. The van der Waals surface area contributed by atoms with Gasteiger partial charge < -0.3 is 19.9 Å². The summed E-state index contributed by atoms with van der Waals surface area (Å²) in [7, 11) is 1.53. The zero-order chi connectivity index (χ0) is 17.8. The minimum atomic E-state index is -0.456. The number of rotatable bonds is 5. The lowest BCUT2D eigenvalue weighted by atomic mass is 9.89. The zero-order valence-electron chi connectivity index (χ0n) is 13.9. The van der Waals surface area contributed by atoms with E-state index in [1.165, 1.54) is 7.11 Å². The number of carbonyl (C=O) groups is 1. The van der Waals surface area contributed by atoms with Gasteiger partial charge in [0, 0.05) is 5.69 Å². The Balaban J connectivity index is 1.63. The summed E-state index contributed by atoms with van der Waals surface area (Å²) in [5, 5.41) is 13.2. The van der Waals surface area contributed by atoms with Crippen LogP contribution in [0.2, 0.25) is 5.02 Å². The average Bonchev–Trinajstić information content (AvgIpc) is 2.60. The van der Waals surface area contributed by atoms with Crippen molar-refractivity contribution < 1.29 is 19.4 Å². The third-order valence-corrected chi connectivity index (χ3v) is 4.52. The lowest BCUT2D eigenvalue weighted by Crippen LogP contribution is -2.21. The van der Waals surface area contributed by atoms with Gasteiger partial charge in [-0.05, 0) is 54.7 Å². The van der Waals surface area contributed by atoms with Crippen LogP contribution in [-0.4, -0.2) is 24.7 Å². The molecule has 0 bridgehead atoms. The first-order valence-electron chi connectivity index (χ1n) is 8.14. The second kappa shape index (κ2) is 7.76. The van der Waals surface area contributed by atoms with E-state index >= 15 is 0 Å². The van der Waals surface area contributed by atoms with E-state index < -0.39 is 6.10 Å². The van der Waals surface area contributed by atoms with Crippen LogP contribution in [0.5, 0.6) is 11.5 Å². The number of methoxy groups -OCH3 is 1. The number of ether oxygens (including phenoxy) is 2. The van der Waals surface area contributed by atoms with Crippen LogP contribution in [0, 0.1) is 0 Å². The van der Waals surface area contributed by atoms with Gasteiger partial charge in [0.05, 0.1) is 18.2 Å². The molecule has 25 heavy (non-hydrogen) atoms. The first-order chi connectivity index (χ1) is 12.1. The predicted octanol–water partition coefficient (Wildman–Crippen LogP) is 3.74. The van der Waals surface area contributed by atoms with Crippen LogP contribution in [0.4, 0.5) is 5.69 Å². The summed E-state index contributed by atoms with van der Waals surface area (Å²) in [6.45, 7) is -0.115. The minimum absolute atomic E-state index is 0.115. The Morgan fingerprint density at radius 3 is 2.92 bits per heavy atom. The van der Waals surface area contributed by atoms with Crippen molar-refractivity contribution in [2.24, 2.45) is 0 Å². The average molecular weight is 362 g/mol. The molecule has 2 aromatic rings. The van der Waals surface area contributed by atoms with Crippen molar-refractivity contribution in [3.05, 3.63) is 52.5 Å². The molecule has 0 spiro atoms. The number of fused-ring (bicyclic) bond motifs is 1. The van der Waals surface area contributed by atoms with Crippen molar-refractivity contribution in [3.63, 3.8) is 0 Å². The summed E-state index contributed by atoms with van der Waals surface area (Å²) in [4.78, 5) is 12.1. The van der Waals surface area contributed by atoms with Gasteiger partial charge in [0.1, 0.15) is 11.5 Å². The molecule has 1 amide bonds. The zero-order valence-corrected chi connectivity index (χ0v) is 14.7. The molecule has 3 rings (SSSR count). The SMILES string of the molecule is COc1ccc(NC(=O)COc2cccc3c2CCC[C@@H]3O)cc1Cl. The molecular weight excluding hydrogens is 342 g/mol. The van der Waals surface area contributed by atoms with Crippen molar-refractivity contribution in [3.8, 4) is 11.5 Å². The van der Waals surface area contributed by atoms with E-state index in [2.05, 4.69) is 5.32 Å². The maximum Gasteiger partial charge on any atom is 0.262 e. The van der Waals surface area contributed by atoms with Gasteiger partial charge in [-0.3, -0.25) is 4.79 Å². The Hall–Kier alpha value is -2.24. The molecule has 1 aliphatic carbocycles. The number of benzene rings is 2. The van der Waals surface area contributed by atoms with Gasteiger partial charge in [-0.25, -0.2) is 0 Å². The van der Waals surface area contributed by atoms with E-state index in [0.717, 1.165) is 30.4 Å². The summed E-state index contributed by atoms with van der Waals surface area (Å²) in [6, 6.07) is 10.6. The number of aliphatic hydroxyl groups excluding tert-OH is 1. The molecule has 1 atom stereocenters. The highest BCUT2D eigenvalue weighted by atomic mass is 35.5. The number of halogens is 1. The smallest absolute Gasteiger partial charge is 0.262 e. The van der Waals surface area contributed by atoms with Crippen molar-refractivity contribution in [1.29, 1.82) is 0 Å². The predicted molar refractivity (Wildman–Crippen MR) is 96.5 cm³/mol. The first kappa shape index (κ1) is 17.6. The fourth-order valence-corrected chi connectivity index (χ4v) is 3.27. The number of anilines is 1. The topological polar surface area (TPSA) is 67.8 Å².